The highest BCUT2D eigenvalue weighted by Crippen LogP contribution is 2.15. The number of halogens is 2. The minimum absolute atomic E-state index is 0.0409. The fourth-order valence-corrected chi connectivity index (χ4v) is 1.97. The fourth-order valence-electron chi connectivity index (χ4n) is 1.77. The molecule has 0 fully saturated rings. The van der Waals surface area contributed by atoms with Crippen molar-refractivity contribution >= 4 is 11.6 Å². The SMILES string of the molecule is CCC(C#N)CN(C)CCc1cc(Cl)ccc1F. The average molecular weight is 269 g/mol. The highest BCUT2D eigenvalue weighted by molar-refractivity contribution is 6.30. The van der Waals surface area contributed by atoms with E-state index in [1.54, 1.807) is 12.1 Å². The van der Waals surface area contributed by atoms with E-state index < -0.39 is 0 Å². The van der Waals surface area contributed by atoms with Gasteiger partial charge in [-0.1, -0.05) is 18.5 Å². The number of hydrogen-bond donors (Lipinski definition) is 0. The Morgan fingerprint density at radius 3 is 2.83 bits per heavy atom. The molecule has 0 spiro atoms. The monoisotopic (exact) mass is 268 g/mol. The molecular formula is C14H18ClFN2. The summed E-state index contributed by atoms with van der Waals surface area (Å²) in [5.74, 6) is -0.181. The lowest BCUT2D eigenvalue weighted by Gasteiger charge is -2.19. The van der Waals surface area contributed by atoms with Gasteiger partial charge < -0.3 is 4.90 Å². The van der Waals surface area contributed by atoms with Crippen molar-refractivity contribution < 1.29 is 4.39 Å². The molecule has 1 aromatic rings. The maximum absolute atomic E-state index is 13.5. The van der Waals surface area contributed by atoms with E-state index in [4.69, 9.17) is 16.9 Å². The molecule has 0 heterocycles. The third-order valence-corrected chi connectivity index (χ3v) is 3.21. The standard InChI is InChI=1S/C14H18ClFN2/c1-3-11(9-17)10-18(2)7-6-12-8-13(15)4-5-14(12)16/h4-5,8,11H,3,6-7,10H2,1-2H3. The van der Waals surface area contributed by atoms with Crippen molar-refractivity contribution in [2.24, 2.45) is 5.92 Å². The molecule has 18 heavy (non-hydrogen) atoms. The number of nitriles is 1. The number of hydrogen-bond acceptors (Lipinski definition) is 2. The van der Waals surface area contributed by atoms with E-state index in [9.17, 15) is 4.39 Å². The van der Waals surface area contributed by atoms with Gasteiger partial charge in [0.15, 0.2) is 0 Å². The maximum Gasteiger partial charge on any atom is 0.126 e. The van der Waals surface area contributed by atoms with Crippen LogP contribution in [0.15, 0.2) is 18.2 Å². The molecule has 0 bridgehead atoms. The third kappa shape index (κ3) is 4.64. The maximum atomic E-state index is 13.5. The van der Waals surface area contributed by atoms with Crippen molar-refractivity contribution in [3.63, 3.8) is 0 Å². The van der Waals surface area contributed by atoms with Gasteiger partial charge in [-0.05, 0) is 43.7 Å². The molecule has 0 aromatic heterocycles. The molecule has 1 atom stereocenters. The lowest BCUT2D eigenvalue weighted by atomic mass is 10.1. The second-order valence-electron chi connectivity index (χ2n) is 4.48. The van der Waals surface area contributed by atoms with Crippen molar-refractivity contribution in [1.82, 2.24) is 4.90 Å². The minimum Gasteiger partial charge on any atom is -0.305 e. The zero-order chi connectivity index (χ0) is 13.5. The average Bonchev–Trinajstić information content (AvgIpc) is 2.37. The molecule has 1 rings (SSSR count). The summed E-state index contributed by atoms with van der Waals surface area (Å²) < 4.78 is 13.5. The molecule has 0 amide bonds. The lowest BCUT2D eigenvalue weighted by molar-refractivity contribution is 0.302. The van der Waals surface area contributed by atoms with E-state index in [1.807, 2.05) is 14.0 Å². The van der Waals surface area contributed by atoms with E-state index in [1.165, 1.54) is 6.07 Å². The normalized spacial score (nSPS) is 12.4. The zero-order valence-corrected chi connectivity index (χ0v) is 11.5. The van der Waals surface area contributed by atoms with Crippen LogP contribution in [-0.2, 0) is 6.42 Å². The molecular weight excluding hydrogens is 251 g/mol. The second-order valence-corrected chi connectivity index (χ2v) is 4.92. The predicted molar refractivity (Wildman–Crippen MR) is 72.0 cm³/mol. The van der Waals surface area contributed by atoms with Gasteiger partial charge in [-0.3, -0.25) is 0 Å². The van der Waals surface area contributed by atoms with Gasteiger partial charge in [0, 0.05) is 18.1 Å². The van der Waals surface area contributed by atoms with Crippen LogP contribution in [0, 0.1) is 23.1 Å². The first-order chi connectivity index (χ1) is 8.56. The third-order valence-electron chi connectivity index (χ3n) is 2.98. The van der Waals surface area contributed by atoms with Crippen LogP contribution in [0.2, 0.25) is 5.02 Å². The highest BCUT2D eigenvalue weighted by Gasteiger charge is 2.10. The topological polar surface area (TPSA) is 27.0 Å². The number of benzene rings is 1. The minimum atomic E-state index is -0.222. The number of rotatable bonds is 6. The molecule has 0 aliphatic rings. The fraction of sp³-hybridized carbons (Fsp3) is 0.500. The van der Waals surface area contributed by atoms with Crippen LogP contribution < -0.4 is 0 Å². The van der Waals surface area contributed by atoms with Crippen LogP contribution in [0.5, 0.6) is 0 Å². The molecule has 1 aromatic carbocycles. The zero-order valence-electron chi connectivity index (χ0n) is 10.8. The van der Waals surface area contributed by atoms with Gasteiger partial charge in [-0.15, -0.1) is 0 Å². The van der Waals surface area contributed by atoms with E-state index in [-0.39, 0.29) is 11.7 Å². The van der Waals surface area contributed by atoms with Gasteiger partial charge >= 0.3 is 0 Å². The Morgan fingerprint density at radius 2 is 2.22 bits per heavy atom. The summed E-state index contributed by atoms with van der Waals surface area (Å²) in [6, 6.07) is 6.86. The van der Waals surface area contributed by atoms with Crippen LogP contribution in [0.25, 0.3) is 0 Å². The van der Waals surface area contributed by atoms with Gasteiger partial charge in [-0.2, -0.15) is 5.26 Å². The largest absolute Gasteiger partial charge is 0.305 e. The van der Waals surface area contributed by atoms with E-state index in [0.717, 1.165) is 19.5 Å². The quantitative estimate of drug-likeness (QED) is 0.790. The van der Waals surface area contributed by atoms with Crippen molar-refractivity contribution in [2.45, 2.75) is 19.8 Å². The van der Waals surface area contributed by atoms with Gasteiger partial charge in [-0.25, -0.2) is 4.39 Å². The van der Waals surface area contributed by atoms with E-state index in [0.29, 0.717) is 17.0 Å². The van der Waals surface area contributed by atoms with Gasteiger partial charge in [0.2, 0.25) is 0 Å². The molecule has 0 aliphatic carbocycles. The molecule has 0 N–H and O–H groups in total. The molecule has 1 unspecified atom stereocenters. The van der Waals surface area contributed by atoms with Crippen LogP contribution >= 0.6 is 11.6 Å². The van der Waals surface area contributed by atoms with Crippen LogP contribution in [0.3, 0.4) is 0 Å². The van der Waals surface area contributed by atoms with E-state index >= 15 is 0 Å². The Bertz CT molecular complexity index is 428. The Hall–Kier alpha value is -1.11. The van der Waals surface area contributed by atoms with Crippen LogP contribution in [-0.4, -0.2) is 25.0 Å². The molecule has 0 saturated heterocycles. The number of likely N-dealkylation sites (N-methyl/N-ethyl adjacent to an activating group) is 1. The van der Waals surface area contributed by atoms with Crippen LogP contribution in [0.4, 0.5) is 4.39 Å². The first-order valence-electron chi connectivity index (χ1n) is 6.09. The lowest BCUT2D eigenvalue weighted by Crippen LogP contribution is -2.27. The Morgan fingerprint density at radius 1 is 1.50 bits per heavy atom. The predicted octanol–water partition coefficient (Wildman–Crippen LogP) is 3.50. The Balaban J connectivity index is 2.50. The summed E-state index contributed by atoms with van der Waals surface area (Å²) in [4.78, 5) is 2.05. The van der Waals surface area contributed by atoms with Crippen molar-refractivity contribution in [3.05, 3.63) is 34.6 Å². The summed E-state index contributed by atoms with van der Waals surface area (Å²) in [6.45, 7) is 3.43. The summed E-state index contributed by atoms with van der Waals surface area (Å²) in [7, 11) is 1.95. The van der Waals surface area contributed by atoms with Gasteiger partial charge in [0.1, 0.15) is 5.82 Å². The van der Waals surface area contributed by atoms with Crippen molar-refractivity contribution in [2.75, 3.05) is 20.1 Å². The molecule has 0 saturated carbocycles. The Kier molecular flexibility index (Phi) is 6.11. The summed E-state index contributed by atoms with van der Waals surface area (Å²) in [5, 5.41) is 9.44. The molecule has 2 nitrogen and oxygen atoms in total. The second kappa shape index (κ2) is 7.35. The first kappa shape index (κ1) is 14.9. The molecule has 0 aliphatic heterocycles. The summed E-state index contributed by atoms with van der Waals surface area (Å²) >= 11 is 5.84. The van der Waals surface area contributed by atoms with Crippen molar-refractivity contribution in [3.8, 4) is 6.07 Å². The Labute approximate surface area is 113 Å². The highest BCUT2D eigenvalue weighted by atomic mass is 35.5. The van der Waals surface area contributed by atoms with Crippen LogP contribution in [0.1, 0.15) is 18.9 Å². The number of nitrogens with zero attached hydrogens (tertiary/aromatic N) is 2. The molecule has 0 radical (unpaired) electrons. The molecule has 4 heteroatoms. The summed E-state index contributed by atoms with van der Waals surface area (Å²) in [6.07, 6.45) is 1.44. The van der Waals surface area contributed by atoms with Crippen molar-refractivity contribution in [1.29, 1.82) is 5.26 Å². The van der Waals surface area contributed by atoms with E-state index in [2.05, 4.69) is 11.0 Å². The smallest absolute Gasteiger partial charge is 0.126 e. The van der Waals surface area contributed by atoms with Gasteiger partial charge in [0.25, 0.3) is 0 Å². The first-order valence-corrected chi connectivity index (χ1v) is 6.46. The summed E-state index contributed by atoms with van der Waals surface area (Å²) in [5.41, 5.74) is 0.624. The van der Waals surface area contributed by atoms with Gasteiger partial charge in [0.05, 0.1) is 12.0 Å². The molecule has 98 valence electrons.